The fourth-order valence-electron chi connectivity index (χ4n) is 1.90. The van der Waals surface area contributed by atoms with Gasteiger partial charge in [-0.15, -0.1) is 16.4 Å². The second-order valence-corrected chi connectivity index (χ2v) is 5.21. The van der Waals surface area contributed by atoms with Gasteiger partial charge in [-0.1, -0.05) is 12.1 Å². The summed E-state index contributed by atoms with van der Waals surface area (Å²) in [7, 11) is 1.32. The standard InChI is InChI=1S/C14H11FN4O2S/c1-21-18-14(20)12-16-13(11-6-3-7-22-11)19(17-12)10-5-2-4-9(15)8-10/h2-8H,1H3,(H,18,20). The number of nitrogens with one attached hydrogen (secondary N) is 1. The van der Waals surface area contributed by atoms with Gasteiger partial charge in [0.15, 0.2) is 5.82 Å². The molecular formula is C14H11FN4O2S. The molecule has 0 aliphatic carbocycles. The number of nitrogens with zero attached hydrogens (tertiary/aromatic N) is 3. The predicted octanol–water partition coefficient (Wildman–Crippen LogP) is 2.43. The Bertz CT molecular complexity index is 801. The van der Waals surface area contributed by atoms with E-state index in [2.05, 4.69) is 20.4 Å². The Morgan fingerprint density at radius 1 is 1.36 bits per heavy atom. The van der Waals surface area contributed by atoms with Gasteiger partial charge < -0.3 is 0 Å². The minimum absolute atomic E-state index is 0.0606. The summed E-state index contributed by atoms with van der Waals surface area (Å²) in [6.07, 6.45) is 0. The maximum absolute atomic E-state index is 13.5. The van der Waals surface area contributed by atoms with E-state index >= 15 is 0 Å². The number of aromatic nitrogens is 3. The van der Waals surface area contributed by atoms with Crippen molar-refractivity contribution in [2.45, 2.75) is 0 Å². The minimum atomic E-state index is -0.574. The Morgan fingerprint density at radius 2 is 2.23 bits per heavy atom. The van der Waals surface area contributed by atoms with Crippen molar-refractivity contribution in [3.05, 3.63) is 53.4 Å². The van der Waals surface area contributed by atoms with Gasteiger partial charge >= 0.3 is 5.91 Å². The van der Waals surface area contributed by atoms with E-state index in [1.807, 2.05) is 17.5 Å². The van der Waals surface area contributed by atoms with Gasteiger partial charge in [0.2, 0.25) is 5.82 Å². The minimum Gasteiger partial charge on any atom is -0.277 e. The second kappa shape index (κ2) is 6.04. The van der Waals surface area contributed by atoms with Crippen LogP contribution < -0.4 is 5.48 Å². The molecule has 1 aromatic carbocycles. The number of hydrogen-bond acceptors (Lipinski definition) is 5. The third-order valence-corrected chi connectivity index (χ3v) is 3.67. The molecule has 0 fully saturated rings. The van der Waals surface area contributed by atoms with Gasteiger partial charge in [-0.25, -0.2) is 19.5 Å². The van der Waals surface area contributed by atoms with E-state index in [-0.39, 0.29) is 5.82 Å². The van der Waals surface area contributed by atoms with Gasteiger partial charge in [-0.3, -0.25) is 9.63 Å². The van der Waals surface area contributed by atoms with Crippen LogP contribution in [-0.4, -0.2) is 27.8 Å². The first-order valence-electron chi connectivity index (χ1n) is 6.29. The van der Waals surface area contributed by atoms with Crippen molar-refractivity contribution in [1.82, 2.24) is 20.2 Å². The molecule has 8 heteroatoms. The topological polar surface area (TPSA) is 69.0 Å². The summed E-state index contributed by atoms with van der Waals surface area (Å²) in [5.41, 5.74) is 2.64. The summed E-state index contributed by atoms with van der Waals surface area (Å²) in [5.74, 6) is -0.570. The fourth-order valence-corrected chi connectivity index (χ4v) is 2.60. The fraction of sp³-hybridized carbons (Fsp3) is 0.0714. The van der Waals surface area contributed by atoms with Crippen LogP contribution in [0.25, 0.3) is 16.4 Å². The summed E-state index contributed by atoms with van der Waals surface area (Å²) >= 11 is 1.45. The average Bonchev–Trinajstić information content (AvgIpc) is 3.17. The van der Waals surface area contributed by atoms with Crippen LogP contribution in [0.2, 0.25) is 0 Å². The Morgan fingerprint density at radius 3 is 2.91 bits per heavy atom. The number of hydrogen-bond donors (Lipinski definition) is 1. The van der Waals surface area contributed by atoms with Crippen molar-refractivity contribution in [1.29, 1.82) is 0 Å². The van der Waals surface area contributed by atoms with Crippen LogP contribution in [-0.2, 0) is 4.84 Å². The van der Waals surface area contributed by atoms with E-state index in [1.165, 1.54) is 35.3 Å². The van der Waals surface area contributed by atoms with Gasteiger partial charge in [0.05, 0.1) is 17.7 Å². The molecule has 0 aliphatic heterocycles. The maximum atomic E-state index is 13.5. The van der Waals surface area contributed by atoms with Crippen LogP contribution in [0.3, 0.4) is 0 Å². The summed E-state index contributed by atoms with van der Waals surface area (Å²) < 4.78 is 14.9. The highest BCUT2D eigenvalue weighted by molar-refractivity contribution is 7.13. The third kappa shape index (κ3) is 2.74. The van der Waals surface area contributed by atoms with Crippen molar-refractivity contribution >= 4 is 17.2 Å². The lowest BCUT2D eigenvalue weighted by atomic mass is 10.3. The highest BCUT2D eigenvalue weighted by atomic mass is 32.1. The van der Waals surface area contributed by atoms with E-state index < -0.39 is 11.7 Å². The number of thiophene rings is 1. The first-order chi connectivity index (χ1) is 10.7. The van der Waals surface area contributed by atoms with Crippen LogP contribution in [0.15, 0.2) is 41.8 Å². The number of benzene rings is 1. The highest BCUT2D eigenvalue weighted by Crippen LogP contribution is 2.25. The first-order valence-corrected chi connectivity index (χ1v) is 7.17. The Hall–Kier alpha value is -2.58. The highest BCUT2D eigenvalue weighted by Gasteiger charge is 2.19. The van der Waals surface area contributed by atoms with Gasteiger partial charge in [0.25, 0.3) is 0 Å². The normalized spacial score (nSPS) is 10.6. The van der Waals surface area contributed by atoms with Gasteiger partial charge in [-0.2, -0.15) is 0 Å². The molecule has 0 radical (unpaired) electrons. The van der Waals surface area contributed by atoms with E-state index in [9.17, 15) is 9.18 Å². The molecule has 22 heavy (non-hydrogen) atoms. The molecule has 0 aliphatic rings. The van der Waals surface area contributed by atoms with E-state index in [4.69, 9.17) is 0 Å². The lowest BCUT2D eigenvalue weighted by Gasteiger charge is -2.04. The smallest absolute Gasteiger partial charge is 0.277 e. The lowest BCUT2D eigenvalue weighted by Crippen LogP contribution is -2.23. The van der Waals surface area contributed by atoms with Crippen molar-refractivity contribution < 1.29 is 14.0 Å². The van der Waals surface area contributed by atoms with Crippen LogP contribution in [0.5, 0.6) is 0 Å². The number of carbonyl (C=O) groups excluding carboxylic acids is 1. The van der Waals surface area contributed by atoms with E-state index in [1.54, 1.807) is 12.1 Å². The Kier molecular flexibility index (Phi) is 3.94. The largest absolute Gasteiger partial charge is 0.314 e. The molecule has 6 nitrogen and oxygen atoms in total. The number of rotatable bonds is 4. The predicted molar refractivity (Wildman–Crippen MR) is 79.1 cm³/mol. The Balaban J connectivity index is 2.13. The number of halogens is 1. The molecule has 3 rings (SSSR count). The zero-order valence-corrected chi connectivity index (χ0v) is 12.3. The molecule has 3 aromatic rings. The molecule has 0 saturated carbocycles. The van der Waals surface area contributed by atoms with Crippen LogP contribution >= 0.6 is 11.3 Å². The molecule has 2 aromatic heterocycles. The number of amides is 1. The summed E-state index contributed by atoms with van der Waals surface area (Å²) in [4.78, 5) is 21.4. The zero-order chi connectivity index (χ0) is 15.5. The lowest BCUT2D eigenvalue weighted by molar-refractivity contribution is 0.0527. The molecule has 0 saturated heterocycles. The van der Waals surface area contributed by atoms with E-state index in [0.29, 0.717) is 11.5 Å². The van der Waals surface area contributed by atoms with E-state index in [0.717, 1.165) is 4.88 Å². The van der Waals surface area contributed by atoms with Crippen molar-refractivity contribution in [2.75, 3.05) is 7.11 Å². The SMILES string of the molecule is CONC(=O)c1nc(-c2cccs2)n(-c2cccc(F)c2)n1. The quantitative estimate of drug-likeness (QED) is 0.750. The molecule has 1 amide bonds. The monoisotopic (exact) mass is 318 g/mol. The zero-order valence-electron chi connectivity index (χ0n) is 11.5. The summed E-state index contributed by atoms with van der Waals surface area (Å²) in [6, 6.07) is 9.63. The molecular weight excluding hydrogens is 307 g/mol. The molecule has 2 heterocycles. The summed E-state index contributed by atoms with van der Waals surface area (Å²) in [5, 5.41) is 6.03. The molecule has 0 atom stereocenters. The van der Waals surface area contributed by atoms with Gasteiger partial charge in [0, 0.05) is 0 Å². The number of hydroxylamine groups is 1. The molecule has 112 valence electrons. The summed E-state index contributed by atoms with van der Waals surface area (Å²) in [6.45, 7) is 0. The molecule has 0 spiro atoms. The maximum Gasteiger partial charge on any atom is 0.314 e. The van der Waals surface area contributed by atoms with Crippen LogP contribution in [0, 0.1) is 5.82 Å². The Labute approximate surface area is 129 Å². The van der Waals surface area contributed by atoms with Gasteiger partial charge in [-0.05, 0) is 29.6 Å². The third-order valence-electron chi connectivity index (χ3n) is 2.80. The molecule has 0 bridgehead atoms. The van der Waals surface area contributed by atoms with Crippen molar-refractivity contribution in [3.63, 3.8) is 0 Å². The second-order valence-electron chi connectivity index (χ2n) is 4.26. The average molecular weight is 318 g/mol. The van der Waals surface area contributed by atoms with Crippen molar-refractivity contribution in [3.8, 4) is 16.4 Å². The first kappa shape index (κ1) is 14.4. The van der Waals surface area contributed by atoms with Crippen molar-refractivity contribution in [2.24, 2.45) is 0 Å². The van der Waals surface area contributed by atoms with Crippen LogP contribution in [0.1, 0.15) is 10.6 Å². The number of carbonyl (C=O) groups is 1. The van der Waals surface area contributed by atoms with Gasteiger partial charge in [0.1, 0.15) is 5.82 Å². The van der Waals surface area contributed by atoms with Crippen LogP contribution in [0.4, 0.5) is 4.39 Å². The molecule has 0 unspecified atom stereocenters. The molecule has 1 N–H and O–H groups in total.